The van der Waals surface area contributed by atoms with Crippen molar-refractivity contribution in [1.29, 1.82) is 0 Å². The van der Waals surface area contributed by atoms with Gasteiger partial charge < -0.3 is 30.0 Å². The van der Waals surface area contributed by atoms with Crippen LogP contribution in [0.5, 0.6) is 17.2 Å². The lowest BCUT2D eigenvalue weighted by molar-refractivity contribution is -0.131. The Hall–Kier alpha value is -4.04. The van der Waals surface area contributed by atoms with Crippen LogP contribution in [0.2, 0.25) is 0 Å². The molecule has 1 aliphatic carbocycles. The summed E-state index contributed by atoms with van der Waals surface area (Å²) in [6, 6.07) is 20.0. The standard InChI is InChI=1S/C34H42N2O6/c1-22(2)28-15-9-23(3)17-32(28)41-21-33(37)36-19-24-10-12-26(13-11-24)35-20-25-7-5-6-8-30(25)42-31-16-14-27(40-4)18-29(31)34(38)39/h5-8,10-14,16,18,22-23,28,32,35H,9,15,17,19-21H2,1-4H3,(H,36,37)(H,38,39). The van der Waals surface area contributed by atoms with Gasteiger partial charge in [-0.15, -0.1) is 0 Å². The topological polar surface area (TPSA) is 106 Å². The van der Waals surface area contributed by atoms with Crippen LogP contribution in [0.3, 0.4) is 0 Å². The molecule has 0 bridgehead atoms. The third-order valence-corrected chi connectivity index (χ3v) is 7.93. The molecule has 3 unspecified atom stereocenters. The molecule has 0 aliphatic heterocycles. The number of ether oxygens (including phenoxy) is 3. The van der Waals surface area contributed by atoms with E-state index in [9.17, 15) is 14.7 Å². The third kappa shape index (κ3) is 8.49. The van der Waals surface area contributed by atoms with Gasteiger partial charge in [0.25, 0.3) is 0 Å². The second kappa shape index (κ2) is 14.7. The van der Waals surface area contributed by atoms with Gasteiger partial charge in [-0.05, 0) is 72.6 Å². The molecule has 0 saturated heterocycles. The van der Waals surface area contributed by atoms with Gasteiger partial charge in [0.1, 0.15) is 29.4 Å². The Labute approximate surface area is 248 Å². The predicted molar refractivity (Wildman–Crippen MR) is 163 cm³/mol. The number of anilines is 1. The molecule has 1 amide bonds. The summed E-state index contributed by atoms with van der Waals surface area (Å²) < 4.78 is 17.2. The first-order valence-electron chi connectivity index (χ1n) is 14.6. The number of carboxylic acid groups (broad SMARTS) is 1. The van der Waals surface area contributed by atoms with E-state index in [-0.39, 0.29) is 29.9 Å². The Balaban J connectivity index is 1.28. The highest BCUT2D eigenvalue weighted by Crippen LogP contribution is 2.35. The van der Waals surface area contributed by atoms with Gasteiger partial charge >= 0.3 is 5.97 Å². The van der Waals surface area contributed by atoms with Crippen molar-refractivity contribution in [1.82, 2.24) is 5.32 Å². The molecule has 0 spiro atoms. The first kappa shape index (κ1) is 30.9. The van der Waals surface area contributed by atoms with E-state index in [0.29, 0.717) is 42.3 Å². The first-order chi connectivity index (χ1) is 20.2. The molecule has 0 aromatic heterocycles. The summed E-state index contributed by atoms with van der Waals surface area (Å²) in [7, 11) is 1.49. The van der Waals surface area contributed by atoms with Gasteiger partial charge in [0.05, 0.1) is 13.2 Å². The predicted octanol–water partition coefficient (Wildman–Crippen LogP) is 6.89. The summed E-state index contributed by atoms with van der Waals surface area (Å²) in [6.45, 7) is 7.73. The molecule has 3 atom stereocenters. The minimum atomic E-state index is -1.10. The second-order valence-electron chi connectivity index (χ2n) is 11.4. The lowest BCUT2D eigenvalue weighted by Gasteiger charge is -2.37. The van der Waals surface area contributed by atoms with Gasteiger partial charge in [-0.25, -0.2) is 4.79 Å². The highest BCUT2D eigenvalue weighted by Gasteiger charge is 2.31. The Bertz CT molecular complexity index is 1340. The van der Waals surface area contributed by atoms with E-state index >= 15 is 0 Å². The van der Waals surface area contributed by atoms with Crippen molar-refractivity contribution in [3.8, 4) is 17.2 Å². The van der Waals surface area contributed by atoms with E-state index in [1.54, 1.807) is 18.2 Å². The molecule has 0 heterocycles. The molecule has 3 aromatic rings. The fourth-order valence-electron chi connectivity index (χ4n) is 5.44. The Morgan fingerprint density at radius 1 is 0.976 bits per heavy atom. The van der Waals surface area contributed by atoms with Crippen LogP contribution in [-0.4, -0.2) is 36.8 Å². The zero-order valence-corrected chi connectivity index (χ0v) is 24.9. The van der Waals surface area contributed by atoms with Crippen LogP contribution in [0.1, 0.15) is 61.5 Å². The smallest absolute Gasteiger partial charge is 0.339 e. The lowest BCUT2D eigenvalue weighted by atomic mass is 9.75. The second-order valence-corrected chi connectivity index (χ2v) is 11.4. The fourth-order valence-corrected chi connectivity index (χ4v) is 5.44. The molecule has 3 N–H and O–H groups in total. The maximum Gasteiger partial charge on any atom is 0.339 e. The quantitative estimate of drug-likeness (QED) is 0.204. The van der Waals surface area contributed by atoms with Crippen molar-refractivity contribution in [2.75, 3.05) is 19.0 Å². The molecule has 3 aromatic carbocycles. The summed E-state index contributed by atoms with van der Waals surface area (Å²) in [5.74, 6) is 1.75. The maximum absolute atomic E-state index is 12.5. The number of methoxy groups -OCH3 is 1. The summed E-state index contributed by atoms with van der Waals surface area (Å²) in [6.07, 6.45) is 3.57. The molecule has 8 heteroatoms. The Morgan fingerprint density at radius 3 is 2.45 bits per heavy atom. The number of para-hydroxylation sites is 1. The van der Waals surface area contributed by atoms with Gasteiger partial charge in [0, 0.05) is 24.3 Å². The minimum Gasteiger partial charge on any atom is -0.497 e. The van der Waals surface area contributed by atoms with Crippen LogP contribution in [0.4, 0.5) is 5.69 Å². The van der Waals surface area contributed by atoms with Crippen LogP contribution < -0.4 is 20.1 Å². The highest BCUT2D eigenvalue weighted by molar-refractivity contribution is 5.91. The number of carboxylic acids is 1. The summed E-state index contributed by atoms with van der Waals surface area (Å²) in [5.41, 5.74) is 2.79. The molecule has 1 fully saturated rings. The van der Waals surface area contributed by atoms with E-state index < -0.39 is 5.97 Å². The zero-order chi connectivity index (χ0) is 30.1. The summed E-state index contributed by atoms with van der Waals surface area (Å²) >= 11 is 0. The van der Waals surface area contributed by atoms with Crippen molar-refractivity contribution in [3.63, 3.8) is 0 Å². The number of nitrogens with one attached hydrogen (secondary N) is 2. The van der Waals surface area contributed by atoms with Crippen LogP contribution in [0.15, 0.2) is 66.7 Å². The number of aromatic carboxylic acids is 1. The van der Waals surface area contributed by atoms with Gasteiger partial charge in [0.2, 0.25) is 5.91 Å². The van der Waals surface area contributed by atoms with Crippen molar-refractivity contribution in [2.24, 2.45) is 17.8 Å². The molecule has 1 aliphatic rings. The largest absolute Gasteiger partial charge is 0.497 e. The van der Waals surface area contributed by atoms with Crippen molar-refractivity contribution in [3.05, 3.63) is 83.4 Å². The van der Waals surface area contributed by atoms with Crippen molar-refractivity contribution in [2.45, 2.75) is 59.2 Å². The van der Waals surface area contributed by atoms with Crippen LogP contribution in [0, 0.1) is 17.8 Å². The lowest BCUT2D eigenvalue weighted by Crippen LogP contribution is -2.37. The van der Waals surface area contributed by atoms with Crippen molar-refractivity contribution >= 4 is 17.6 Å². The van der Waals surface area contributed by atoms with Crippen LogP contribution in [0.25, 0.3) is 0 Å². The molecule has 42 heavy (non-hydrogen) atoms. The number of rotatable bonds is 13. The third-order valence-electron chi connectivity index (χ3n) is 7.93. The van der Waals surface area contributed by atoms with E-state index in [1.165, 1.54) is 26.0 Å². The SMILES string of the molecule is COc1ccc(Oc2ccccc2CNc2ccc(CNC(=O)COC3CC(C)CCC3C(C)C)cc2)c(C(=O)O)c1. The minimum absolute atomic E-state index is 0.0229. The number of benzene rings is 3. The van der Waals surface area contributed by atoms with E-state index in [2.05, 4.69) is 31.4 Å². The first-order valence-corrected chi connectivity index (χ1v) is 14.6. The summed E-state index contributed by atoms with van der Waals surface area (Å²) in [4.78, 5) is 24.3. The summed E-state index contributed by atoms with van der Waals surface area (Å²) in [5, 5.41) is 16.0. The van der Waals surface area contributed by atoms with E-state index in [4.69, 9.17) is 14.2 Å². The van der Waals surface area contributed by atoms with Gasteiger partial charge in [0.15, 0.2) is 0 Å². The molecular formula is C34H42N2O6. The number of hydrogen-bond acceptors (Lipinski definition) is 6. The number of hydrogen-bond donors (Lipinski definition) is 3. The molecule has 8 nitrogen and oxygen atoms in total. The van der Waals surface area contributed by atoms with Gasteiger partial charge in [-0.1, -0.05) is 57.5 Å². The maximum atomic E-state index is 12.5. The zero-order valence-electron chi connectivity index (χ0n) is 24.9. The monoisotopic (exact) mass is 574 g/mol. The van der Waals surface area contributed by atoms with Crippen LogP contribution in [-0.2, 0) is 22.6 Å². The molecular weight excluding hydrogens is 532 g/mol. The molecule has 0 radical (unpaired) electrons. The molecule has 1 saturated carbocycles. The van der Waals surface area contributed by atoms with Crippen molar-refractivity contribution < 1.29 is 28.9 Å². The number of carbonyl (C=O) groups excluding carboxylic acids is 1. The highest BCUT2D eigenvalue weighted by atomic mass is 16.5. The Morgan fingerprint density at radius 2 is 1.74 bits per heavy atom. The number of amides is 1. The van der Waals surface area contributed by atoms with Gasteiger partial charge in [-0.3, -0.25) is 4.79 Å². The average molecular weight is 575 g/mol. The molecule has 224 valence electrons. The Kier molecular flexibility index (Phi) is 10.8. The van der Waals surface area contributed by atoms with E-state index in [0.717, 1.165) is 23.2 Å². The normalized spacial score (nSPS) is 18.4. The van der Waals surface area contributed by atoms with Crippen LogP contribution >= 0.6 is 0 Å². The fraction of sp³-hybridized carbons (Fsp3) is 0.412. The average Bonchev–Trinajstić information content (AvgIpc) is 2.99. The van der Waals surface area contributed by atoms with E-state index in [1.807, 2.05) is 42.5 Å². The molecule has 4 rings (SSSR count). The number of carbonyl (C=O) groups is 2. The van der Waals surface area contributed by atoms with Gasteiger partial charge in [-0.2, -0.15) is 0 Å².